The van der Waals surface area contributed by atoms with Gasteiger partial charge in [-0.05, 0) is 35.9 Å². The van der Waals surface area contributed by atoms with Gasteiger partial charge >= 0.3 is 5.97 Å². The van der Waals surface area contributed by atoms with Crippen LogP contribution in [-0.2, 0) is 19.4 Å². The molecule has 0 aliphatic rings. The summed E-state index contributed by atoms with van der Waals surface area (Å²) in [4.78, 5) is 11.5. The number of carbonyl (C=O) groups excluding carboxylic acids is 1. The third-order valence-corrected chi connectivity index (χ3v) is 5.39. The molecule has 0 atom stereocenters. The number of esters is 1. The zero-order chi connectivity index (χ0) is 16.2. The van der Waals surface area contributed by atoms with Gasteiger partial charge in [-0.2, -0.15) is 0 Å². The van der Waals surface area contributed by atoms with E-state index >= 15 is 0 Å². The van der Waals surface area contributed by atoms with Crippen molar-refractivity contribution in [1.82, 2.24) is 0 Å². The SMILES string of the molecule is COC(=O)/C=C/c1ccc(S(=O)(=O)c2ccccc2)cc1Br. The number of hydrogen-bond acceptors (Lipinski definition) is 4. The Balaban J connectivity index is 2.38. The van der Waals surface area contributed by atoms with E-state index < -0.39 is 15.8 Å². The lowest BCUT2D eigenvalue weighted by molar-refractivity contribution is -0.134. The first kappa shape index (κ1) is 16.5. The van der Waals surface area contributed by atoms with E-state index in [1.807, 2.05) is 0 Å². The van der Waals surface area contributed by atoms with Crippen LogP contribution in [0.3, 0.4) is 0 Å². The van der Waals surface area contributed by atoms with E-state index in [4.69, 9.17) is 0 Å². The molecule has 6 heteroatoms. The molecule has 0 aromatic heterocycles. The van der Waals surface area contributed by atoms with Gasteiger partial charge in [-0.3, -0.25) is 0 Å². The molecule has 114 valence electrons. The number of ether oxygens (including phenoxy) is 1. The zero-order valence-electron chi connectivity index (χ0n) is 11.7. The number of sulfone groups is 1. The van der Waals surface area contributed by atoms with Crippen LogP contribution in [0.5, 0.6) is 0 Å². The minimum absolute atomic E-state index is 0.181. The zero-order valence-corrected chi connectivity index (χ0v) is 14.1. The lowest BCUT2D eigenvalue weighted by Gasteiger charge is -2.06. The monoisotopic (exact) mass is 380 g/mol. The number of benzene rings is 2. The molecule has 0 fully saturated rings. The van der Waals surface area contributed by atoms with E-state index in [1.54, 1.807) is 42.5 Å². The van der Waals surface area contributed by atoms with Crippen LogP contribution in [0, 0.1) is 0 Å². The van der Waals surface area contributed by atoms with Gasteiger partial charge < -0.3 is 4.74 Å². The van der Waals surface area contributed by atoms with Crippen LogP contribution in [0.4, 0.5) is 0 Å². The van der Waals surface area contributed by atoms with Crippen molar-refractivity contribution in [2.45, 2.75) is 9.79 Å². The van der Waals surface area contributed by atoms with E-state index in [9.17, 15) is 13.2 Å². The molecule has 0 spiro atoms. The van der Waals surface area contributed by atoms with Crippen molar-refractivity contribution < 1.29 is 17.9 Å². The summed E-state index contributed by atoms with van der Waals surface area (Å²) in [6.07, 6.45) is 2.82. The molecule has 0 heterocycles. The van der Waals surface area contributed by atoms with Crippen molar-refractivity contribution in [1.29, 1.82) is 0 Å². The fourth-order valence-electron chi connectivity index (χ4n) is 1.77. The standard InChI is InChI=1S/C16H13BrO4S/c1-21-16(18)10-8-12-7-9-14(11-15(12)17)22(19,20)13-5-3-2-4-6-13/h2-11H,1H3/b10-8+. The van der Waals surface area contributed by atoms with Gasteiger partial charge in [-0.1, -0.05) is 40.2 Å². The predicted molar refractivity (Wildman–Crippen MR) is 87.1 cm³/mol. The van der Waals surface area contributed by atoms with E-state index in [0.29, 0.717) is 10.0 Å². The van der Waals surface area contributed by atoms with Gasteiger partial charge in [0.05, 0.1) is 16.9 Å². The van der Waals surface area contributed by atoms with Crippen LogP contribution in [0.15, 0.2) is 68.9 Å². The van der Waals surface area contributed by atoms with Gasteiger partial charge in [0.25, 0.3) is 0 Å². The van der Waals surface area contributed by atoms with Gasteiger partial charge in [0, 0.05) is 10.5 Å². The van der Waals surface area contributed by atoms with Crippen LogP contribution in [0.25, 0.3) is 6.08 Å². The van der Waals surface area contributed by atoms with Crippen molar-refractivity contribution in [3.8, 4) is 0 Å². The second-order valence-electron chi connectivity index (χ2n) is 4.36. The van der Waals surface area contributed by atoms with Crippen molar-refractivity contribution in [2.75, 3.05) is 7.11 Å². The first-order valence-corrected chi connectivity index (χ1v) is 8.58. The molecule has 0 aliphatic carbocycles. The summed E-state index contributed by atoms with van der Waals surface area (Å²) in [6, 6.07) is 12.9. The average molecular weight is 381 g/mol. The number of halogens is 1. The third-order valence-electron chi connectivity index (χ3n) is 2.94. The van der Waals surface area contributed by atoms with Crippen LogP contribution in [0.1, 0.15) is 5.56 Å². The first-order chi connectivity index (χ1) is 10.4. The van der Waals surface area contributed by atoms with Crippen LogP contribution in [-0.4, -0.2) is 21.5 Å². The first-order valence-electron chi connectivity index (χ1n) is 6.31. The van der Waals surface area contributed by atoms with Crippen LogP contribution >= 0.6 is 15.9 Å². The molecule has 2 rings (SSSR count). The minimum Gasteiger partial charge on any atom is -0.466 e. The molecular formula is C16H13BrO4S. The van der Waals surface area contributed by atoms with Crippen molar-refractivity contribution in [2.24, 2.45) is 0 Å². The molecular weight excluding hydrogens is 368 g/mol. The maximum Gasteiger partial charge on any atom is 0.330 e. The molecule has 0 amide bonds. The summed E-state index contributed by atoms with van der Waals surface area (Å²) in [7, 11) is -2.27. The molecule has 0 bridgehead atoms. The molecule has 0 saturated heterocycles. The molecule has 0 N–H and O–H groups in total. The smallest absolute Gasteiger partial charge is 0.330 e. The fourth-order valence-corrected chi connectivity index (χ4v) is 3.74. The quantitative estimate of drug-likeness (QED) is 0.601. The molecule has 2 aromatic rings. The molecule has 0 radical (unpaired) electrons. The summed E-state index contributed by atoms with van der Waals surface area (Å²) in [6.45, 7) is 0. The molecule has 0 aliphatic heterocycles. The van der Waals surface area contributed by atoms with Crippen molar-refractivity contribution in [3.05, 3.63) is 64.6 Å². The highest BCUT2D eigenvalue weighted by Gasteiger charge is 2.17. The molecule has 2 aromatic carbocycles. The van der Waals surface area contributed by atoms with E-state index in [-0.39, 0.29) is 9.79 Å². The van der Waals surface area contributed by atoms with Crippen molar-refractivity contribution >= 4 is 37.8 Å². The second-order valence-corrected chi connectivity index (χ2v) is 7.16. The molecule has 22 heavy (non-hydrogen) atoms. The average Bonchev–Trinajstić information content (AvgIpc) is 2.54. The Morgan fingerprint density at radius 2 is 1.77 bits per heavy atom. The fraction of sp³-hybridized carbons (Fsp3) is 0.0625. The van der Waals surface area contributed by atoms with Gasteiger partial charge in [-0.15, -0.1) is 0 Å². The van der Waals surface area contributed by atoms with Gasteiger partial charge in [0.15, 0.2) is 0 Å². The van der Waals surface area contributed by atoms with E-state index in [2.05, 4.69) is 20.7 Å². The summed E-state index contributed by atoms with van der Waals surface area (Å²) in [5.74, 6) is -0.479. The highest BCUT2D eigenvalue weighted by Crippen LogP contribution is 2.26. The summed E-state index contributed by atoms with van der Waals surface area (Å²) < 4.78 is 30.1. The third kappa shape index (κ3) is 3.64. The Kier molecular flexibility index (Phi) is 5.15. The highest BCUT2D eigenvalue weighted by atomic mass is 79.9. The Morgan fingerprint density at radius 1 is 1.09 bits per heavy atom. The molecule has 0 saturated carbocycles. The number of rotatable bonds is 4. The van der Waals surface area contributed by atoms with Gasteiger partial charge in [0.2, 0.25) is 9.84 Å². The largest absolute Gasteiger partial charge is 0.466 e. The maximum atomic E-state index is 12.5. The number of methoxy groups -OCH3 is 1. The number of hydrogen-bond donors (Lipinski definition) is 0. The van der Waals surface area contributed by atoms with Gasteiger partial charge in [-0.25, -0.2) is 13.2 Å². The van der Waals surface area contributed by atoms with E-state index in [1.165, 1.54) is 25.3 Å². The Morgan fingerprint density at radius 3 is 2.36 bits per heavy atom. The van der Waals surface area contributed by atoms with Crippen LogP contribution in [0.2, 0.25) is 0 Å². The summed E-state index contributed by atoms with van der Waals surface area (Å²) in [5, 5.41) is 0. The summed E-state index contributed by atoms with van der Waals surface area (Å²) >= 11 is 3.32. The molecule has 4 nitrogen and oxygen atoms in total. The normalized spacial score (nSPS) is 11.5. The Hall–Kier alpha value is -1.92. The Bertz CT molecular complexity index is 811. The lowest BCUT2D eigenvalue weighted by Crippen LogP contribution is -2.02. The lowest BCUT2D eigenvalue weighted by atomic mass is 10.2. The minimum atomic E-state index is -3.56. The maximum absolute atomic E-state index is 12.5. The van der Waals surface area contributed by atoms with Crippen molar-refractivity contribution in [3.63, 3.8) is 0 Å². The Labute approximate surface area is 137 Å². The summed E-state index contributed by atoms with van der Waals surface area (Å²) in [5.41, 5.74) is 0.678. The predicted octanol–water partition coefficient (Wildman–Crippen LogP) is 3.47. The highest BCUT2D eigenvalue weighted by molar-refractivity contribution is 9.10. The van der Waals surface area contributed by atoms with Gasteiger partial charge in [0.1, 0.15) is 0 Å². The molecule has 0 unspecified atom stereocenters. The second kappa shape index (κ2) is 6.89. The topological polar surface area (TPSA) is 60.4 Å². The van der Waals surface area contributed by atoms with Crippen LogP contribution < -0.4 is 0 Å². The van der Waals surface area contributed by atoms with E-state index in [0.717, 1.165) is 0 Å². The number of carbonyl (C=O) groups is 1.